The fourth-order valence-electron chi connectivity index (χ4n) is 3.62. The molecule has 0 aliphatic heterocycles. The summed E-state index contributed by atoms with van der Waals surface area (Å²) in [5, 5.41) is 6.14. The molecule has 2 aliphatic rings. The first-order valence-corrected chi connectivity index (χ1v) is 10.3. The van der Waals surface area contributed by atoms with Crippen molar-refractivity contribution in [2.24, 2.45) is 0 Å². The summed E-state index contributed by atoms with van der Waals surface area (Å²) in [5.74, 6) is -6.15. The Hall–Kier alpha value is -2.25. The first-order chi connectivity index (χ1) is 14.4. The first-order valence-electron chi connectivity index (χ1n) is 9.46. The van der Waals surface area contributed by atoms with Gasteiger partial charge < -0.3 is 10.6 Å². The van der Waals surface area contributed by atoms with Crippen molar-refractivity contribution in [3.63, 3.8) is 0 Å². The molecule has 0 radical (unpaired) electrons. The molecule has 14 heteroatoms. The van der Waals surface area contributed by atoms with Gasteiger partial charge >= 0.3 is 6.18 Å². The van der Waals surface area contributed by atoms with Crippen molar-refractivity contribution in [3.05, 3.63) is 11.1 Å². The van der Waals surface area contributed by atoms with Gasteiger partial charge in [-0.25, -0.2) is 22.5 Å². The number of thiazole rings is 1. The molecule has 2 atom stereocenters. The molecule has 2 aromatic heterocycles. The average Bonchev–Trinajstić information content (AvgIpc) is 3.33. The van der Waals surface area contributed by atoms with Gasteiger partial charge in [0.1, 0.15) is 0 Å². The molecular weight excluding hydrogens is 453 g/mol. The maximum Gasteiger partial charge on any atom is 0.434 e. The Morgan fingerprint density at radius 3 is 1.74 bits per heavy atom. The van der Waals surface area contributed by atoms with Crippen molar-refractivity contribution < 1.29 is 30.7 Å². The van der Waals surface area contributed by atoms with E-state index < -0.39 is 48.6 Å². The fourth-order valence-corrected chi connectivity index (χ4v) is 4.38. The summed E-state index contributed by atoms with van der Waals surface area (Å²) in [6.45, 7) is 0. The van der Waals surface area contributed by atoms with E-state index >= 15 is 0 Å². The van der Waals surface area contributed by atoms with Crippen LogP contribution < -0.4 is 10.6 Å². The number of hydrogen-bond acceptors (Lipinski definition) is 7. The smallest absolute Gasteiger partial charge is 0.351 e. The lowest BCUT2D eigenvalue weighted by atomic mass is 10.2. The van der Waals surface area contributed by atoms with E-state index in [-0.39, 0.29) is 48.4 Å². The zero-order valence-corrected chi connectivity index (χ0v) is 16.6. The monoisotopic (exact) mass is 470 g/mol. The Labute approximate surface area is 175 Å². The highest BCUT2D eigenvalue weighted by atomic mass is 32.1. The largest absolute Gasteiger partial charge is 0.434 e. The number of halogens is 7. The van der Waals surface area contributed by atoms with Crippen LogP contribution >= 0.6 is 11.3 Å². The first kappa shape index (κ1) is 22.0. The standard InChI is InChI=1S/C17H17F7N6S/c18-15(19)3-1-8(5-15)25-13-28-11(12-27-10(7-31-12)17(22,23)24)29-14(30-13)26-9-2-4-16(20,21)6-9/h7-9H,1-6H2,(H2,25,26,28,29,30). The van der Waals surface area contributed by atoms with Crippen molar-refractivity contribution in [2.75, 3.05) is 10.6 Å². The number of aromatic nitrogens is 4. The molecule has 0 bridgehead atoms. The molecule has 170 valence electrons. The molecule has 2 heterocycles. The van der Waals surface area contributed by atoms with E-state index in [1.54, 1.807) is 0 Å². The Bertz CT molecular complexity index is 901. The van der Waals surface area contributed by atoms with Gasteiger partial charge in [-0.2, -0.15) is 28.1 Å². The van der Waals surface area contributed by atoms with Crippen LogP contribution in [-0.2, 0) is 6.18 Å². The maximum atomic E-state index is 13.5. The molecule has 2 aromatic rings. The molecule has 6 nitrogen and oxygen atoms in total. The van der Waals surface area contributed by atoms with Crippen molar-refractivity contribution in [3.8, 4) is 10.8 Å². The second-order valence-corrected chi connectivity index (χ2v) is 8.58. The second-order valence-electron chi connectivity index (χ2n) is 7.72. The number of anilines is 2. The van der Waals surface area contributed by atoms with Gasteiger partial charge in [-0.15, -0.1) is 11.3 Å². The summed E-state index contributed by atoms with van der Waals surface area (Å²) in [7, 11) is 0. The predicted molar refractivity (Wildman–Crippen MR) is 98.4 cm³/mol. The summed E-state index contributed by atoms with van der Waals surface area (Å²) >= 11 is 0.652. The molecule has 31 heavy (non-hydrogen) atoms. The predicted octanol–water partition coefficient (Wildman–Crippen LogP) is 5.21. The highest BCUT2D eigenvalue weighted by molar-refractivity contribution is 7.13. The van der Waals surface area contributed by atoms with Gasteiger partial charge in [-0.05, 0) is 12.8 Å². The minimum atomic E-state index is -4.66. The van der Waals surface area contributed by atoms with E-state index in [4.69, 9.17) is 0 Å². The van der Waals surface area contributed by atoms with Gasteiger partial charge in [-0.3, -0.25) is 0 Å². The molecule has 0 amide bonds. The lowest BCUT2D eigenvalue weighted by Gasteiger charge is -2.16. The molecule has 2 saturated carbocycles. The van der Waals surface area contributed by atoms with Crippen LogP contribution in [0.5, 0.6) is 0 Å². The van der Waals surface area contributed by atoms with Gasteiger partial charge in [0.05, 0.1) is 0 Å². The van der Waals surface area contributed by atoms with Gasteiger partial charge in [-0.1, -0.05) is 0 Å². The number of rotatable bonds is 5. The molecule has 0 saturated heterocycles. The number of nitrogens with one attached hydrogen (secondary N) is 2. The topological polar surface area (TPSA) is 75.6 Å². The molecule has 2 fully saturated rings. The van der Waals surface area contributed by atoms with Gasteiger partial charge in [0, 0.05) is 43.1 Å². The minimum Gasteiger partial charge on any atom is -0.351 e. The minimum absolute atomic E-state index is 0.135. The van der Waals surface area contributed by atoms with Crippen LogP contribution in [0.3, 0.4) is 0 Å². The Morgan fingerprint density at radius 2 is 1.35 bits per heavy atom. The normalized spacial score (nSPS) is 25.0. The maximum absolute atomic E-state index is 13.5. The van der Waals surface area contributed by atoms with Crippen molar-refractivity contribution in [1.82, 2.24) is 19.9 Å². The summed E-state index contributed by atoms with van der Waals surface area (Å²) in [6.07, 6.45) is -5.86. The van der Waals surface area contributed by atoms with E-state index in [0.717, 1.165) is 5.38 Å². The van der Waals surface area contributed by atoms with Crippen LogP contribution in [0.4, 0.5) is 42.6 Å². The van der Waals surface area contributed by atoms with Gasteiger partial charge in [0.15, 0.2) is 16.5 Å². The van der Waals surface area contributed by atoms with E-state index in [1.165, 1.54) is 0 Å². The lowest BCUT2D eigenvalue weighted by molar-refractivity contribution is -0.140. The summed E-state index contributed by atoms with van der Waals surface area (Å²) in [4.78, 5) is 15.6. The van der Waals surface area contributed by atoms with E-state index in [0.29, 0.717) is 11.3 Å². The number of alkyl halides is 7. The van der Waals surface area contributed by atoms with Crippen LogP contribution in [-0.4, -0.2) is 43.9 Å². The zero-order valence-electron chi connectivity index (χ0n) is 15.8. The zero-order chi connectivity index (χ0) is 22.4. The summed E-state index contributed by atoms with van der Waals surface area (Å²) in [5.41, 5.74) is -1.12. The Morgan fingerprint density at radius 1 is 0.839 bits per heavy atom. The van der Waals surface area contributed by atoms with E-state index in [2.05, 4.69) is 30.6 Å². The van der Waals surface area contributed by atoms with E-state index in [9.17, 15) is 30.7 Å². The Kier molecular flexibility index (Phi) is 5.46. The van der Waals surface area contributed by atoms with Crippen LogP contribution in [0.1, 0.15) is 44.2 Å². The molecular formula is C17H17F7N6S. The molecule has 0 spiro atoms. The third-order valence-electron chi connectivity index (χ3n) is 5.09. The highest BCUT2D eigenvalue weighted by Gasteiger charge is 2.41. The van der Waals surface area contributed by atoms with Crippen LogP contribution in [0.15, 0.2) is 5.38 Å². The van der Waals surface area contributed by atoms with Crippen molar-refractivity contribution in [2.45, 2.75) is 68.6 Å². The molecule has 4 rings (SSSR count). The van der Waals surface area contributed by atoms with E-state index in [1.807, 2.05) is 0 Å². The van der Waals surface area contributed by atoms with Crippen LogP contribution in [0.25, 0.3) is 10.8 Å². The lowest BCUT2D eigenvalue weighted by Crippen LogP contribution is -2.23. The van der Waals surface area contributed by atoms with Crippen LogP contribution in [0, 0.1) is 0 Å². The molecule has 2 aliphatic carbocycles. The van der Waals surface area contributed by atoms with Crippen molar-refractivity contribution in [1.29, 1.82) is 0 Å². The second kappa shape index (κ2) is 7.71. The van der Waals surface area contributed by atoms with Crippen molar-refractivity contribution >= 4 is 23.2 Å². The highest BCUT2D eigenvalue weighted by Crippen LogP contribution is 2.38. The molecule has 0 aromatic carbocycles. The summed E-state index contributed by atoms with van der Waals surface area (Å²) in [6, 6.07) is -1.29. The Balaban J connectivity index is 1.61. The average molecular weight is 470 g/mol. The van der Waals surface area contributed by atoms with Crippen LogP contribution in [0.2, 0.25) is 0 Å². The SMILES string of the molecule is FC1(F)CCC(Nc2nc(NC3CCC(F)(F)C3)nc(-c3nc(C(F)(F)F)cs3)n2)C1. The quantitative estimate of drug-likeness (QED) is 0.585. The molecule has 2 unspecified atom stereocenters. The third kappa shape index (κ3) is 5.33. The third-order valence-corrected chi connectivity index (χ3v) is 5.93. The summed E-state index contributed by atoms with van der Waals surface area (Å²) < 4.78 is 92.6. The molecule has 2 N–H and O–H groups in total. The number of nitrogens with zero attached hydrogens (tertiary/aromatic N) is 4. The van der Waals surface area contributed by atoms with Gasteiger partial charge in [0.25, 0.3) is 0 Å². The number of hydrogen-bond donors (Lipinski definition) is 2. The fraction of sp³-hybridized carbons (Fsp3) is 0.647. The van der Waals surface area contributed by atoms with Gasteiger partial charge in [0.2, 0.25) is 23.7 Å².